The number of rotatable bonds is 5. The number of carbonyl (C=O) groups is 1. The second-order valence-electron chi connectivity index (χ2n) is 6.10. The number of carbonyl (C=O) groups excluding carboxylic acids is 1. The van der Waals surface area contributed by atoms with E-state index < -0.39 is 5.91 Å². The molecule has 0 unspecified atom stereocenters. The van der Waals surface area contributed by atoms with Crippen LogP contribution >= 0.6 is 0 Å². The Morgan fingerprint density at radius 3 is 2.38 bits per heavy atom. The van der Waals surface area contributed by atoms with Gasteiger partial charge < -0.3 is 15.5 Å². The fourth-order valence-corrected chi connectivity index (χ4v) is 3.25. The zero-order valence-electron chi connectivity index (χ0n) is 12.6. The first-order chi connectivity index (χ1) is 9.97. The molecular formula is C17H25NO3. The Bertz CT molecular complexity index is 464. The van der Waals surface area contributed by atoms with Crippen molar-refractivity contribution in [3.05, 3.63) is 35.9 Å². The molecule has 1 aromatic carbocycles. The molecule has 4 heteroatoms. The number of amides is 1. The third-order valence-electron chi connectivity index (χ3n) is 4.53. The maximum atomic E-state index is 12.2. The summed E-state index contributed by atoms with van der Waals surface area (Å²) in [5, 5.41) is 21.5. The molecule has 0 aliphatic heterocycles. The van der Waals surface area contributed by atoms with Gasteiger partial charge in [0.15, 0.2) is 0 Å². The molecule has 0 atom stereocenters. The Balaban J connectivity index is 2.16. The molecule has 1 fully saturated rings. The van der Waals surface area contributed by atoms with Crippen LogP contribution in [0.3, 0.4) is 0 Å². The fraction of sp³-hybridized carbons (Fsp3) is 0.588. The maximum Gasteiger partial charge on any atom is 0.246 e. The number of nitrogens with one attached hydrogen (secondary N) is 1. The molecule has 0 aromatic heterocycles. The number of benzene rings is 1. The highest BCUT2D eigenvalue weighted by Crippen LogP contribution is 2.42. The summed E-state index contributed by atoms with van der Waals surface area (Å²) >= 11 is 0. The number of hydrogen-bond acceptors (Lipinski definition) is 3. The molecule has 1 saturated carbocycles. The number of hydrogen-bond donors (Lipinski definition) is 3. The molecule has 21 heavy (non-hydrogen) atoms. The molecule has 3 N–H and O–H groups in total. The molecule has 0 bridgehead atoms. The predicted molar refractivity (Wildman–Crippen MR) is 81.4 cm³/mol. The first-order valence-corrected chi connectivity index (χ1v) is 7.79. The standard InChI is InChI=1S/C17H25NO3/c1-2-17(20,21)18-15(19)13-16(11-7-4-8-12-16)14-9-5-3-6-10-14/h3,5-6,9-10,20-21H,2,4,7-8,11-13H2,1H3,(H,18,19). The Kier molecular flexibility index (Phi) is 5.01. The van der Waals surface area contributed by atoms with Crippen LogP contribution in [0, 0.1) is 0 Å². The van der Waals surface area contributed by atoms with Crippen LogP contribution < -0.4 is 5.32 Å². The molecule has 0 spiro atoms. The van der Waals surface area contributed by atoms with E-state index in [1.807, 2.05) is 18.2 Å². The molecule has 1 amide bonds. The quantitative estimate of drug-likeness (QED) is 0.730. The molecule has 0 heterocycles. The Hall–Kier alpha value is -1.39. The summed E-state index contributed by atoms with van der Waals surface area (Å²) in [4.78, 5) is 12.2. The molecule has 1 aliphatic carbocycles. The molecule has 116 valence electrons. The zero-order chi connectivity index (χ0) is 15.3. The van der Waals surface area contributed by atoms with Gasteiger partial charge in [-0.1, -0.05) is 56.5 Å². The van der Waals surface area contributed by atoms with Gasteiger partial charge in [-0.15, -0.1) is 0 Å². The van der Waals surface area contributed by atoms with Crippen molar-refractivity contribution >= 4 is 5.91 Å². The van der Waals surface area contributed by atoms with E-state index in [0.29, 0.717) is 6.42 Å². The number of aliphatic hydroxyl groups is 2. The van der Waals surface area contributed by atoms with Crippen LogP contribution in [-0.4, -0.2) is 22.0 Å². The van der Waals surface area contributed by atoms with Crippen LogP contribution in [0.2, 0.25) is 0 Å². The Morgan fingerprint density at radius 1 is 1.19 bits per heavy atom. The van der Waals surface area contributed by atoms with Gasteiger partial charge in [0.2, 0.25) is 11.8 Å². The fourth-order valence-electron chi connectivity index (χ4n) is 3.25. The summed E-state index contributed by atoms with van der Waals surface area (Å²) in [5.41, 5.74) is 1.01. The van der Waals surface area contributed by atoms with Gasteiger partial charge in [0.05, 0.1) is 0 Å². The van der Waals surface area contributed by atoms with Crippen molar-refractivity contribution in [2.24, 2.45) is 0 Å². The van der Waals surface area contributed by atoms with Crippen molar-refractivity contribution in [1.82, 2.24) is 5.32 Å². The average Bonchev–Trinajstić information content (AvgIpc) is 2.48. The SMILES string of the molecule is CCC(O)(O)NC(=O)CC1(c2ccccc2)CCCCC1. The molecule has 0 saturated heterocycles. The van der Waals surface area contributed by atoms with Gasteiger partial charge in [0.1, 0.15) is 0 Å². The van der Waals surface area contributed by atoms with Gasteiger partial charge in [-0.2, -0.15) is 0 Å². The lowest BCUT2D eigenvalue weighted by Crippen LogP contribution is -2.49. The summed E-state index contributed by atoms with van der Waals surface area (Å²) in [6.45, 7) is 1.62. The summed E-state index contributed by atoms with van der Waals surface area (Å²) < 4.78 is 0. The van der Waals surface area contributed by atoms with E-state index in [1.54, 1.807) is 6.92 Å². The van der Waals surface area contributed by atoms with Gasteiger partial charge in [0, 0.05) is 18.3 Å². The summed E-state index contributed by atoms with van der Waals surface area (Å²) in [6, 6.07) is 10.1. The van der Waals surface area contributed by atoms with Crippen molar-refractivity contribution < 1.29 is 15.0 Å². The van der Waals surface area contributed by atoms with Crippen LogP contribution in [0.15, 0.2) is 30.3 Å². The Morgan fingerprint density at radius 2 is 1.81 bits per heavy atom. The van der Waals surface area contributed by atoms with E-state index in [1.165, 1.54) is 12.0 Å². The van der Waals surface area contributed by atoms with Crippen LogP contribution in [0.25, 0.3) is 0 Å². The minimum absolute atomic E-state index is 0.0665. The van der Waals surface area contributed by atoms with E-state index in [2.05, 4.69) is 17.4 Å². The predicted octanol–water partition coefficient (Wildman–Crippen LogP) is 2.44. The molecular weight excluding hydrogens is 266 g/mol. The topological polar surface area (TPSA) is 69.6 Å². The van der Waals surface area contributed by atoms with Crippen LogP contribution in [0.4, 0.5) is 0 Å². The second-order valence-corrected chi connectivity index (χ2v) is 6.10. The summed E-state index contributed by atoms with van der Waals surface area (Å²) in [6.07, 6.45) is 5.74. The highest BCUT2D eigenvalue weighted by Gasteiger charge is 2.37. The van der Waals surface area contributed by atoms with Crippen LogP contribution in [-0.2, 0) is 10.2 Å². The van der Waals surface area contributed by atoms with Crippen molar-refractivity contribution in [3.8, 4) is 0 Å². The lowest BCUT2D eigenvalue weighted by atomic mass is 9.67. The molecule has 1 aromatic rings. The van der Waals surface area contributed by atoms with Gasteiger partial charge >= 0.3 is 0 Å². The lowest BCUT2D eigenvalue weighted by Gasteiger charge is -2.38. The molecule has 4 nitrogen and oxygen atoms in total. The summed E-state index contributed by atoms with van der Waals surface area (Å²) in [5.74, 6) is -2.41. The van der Waals surface area contributed by atoms with Crippen molar-refractivity contribution in [2.75, 3.05) is 0 Å². The van der Waals surface area contributed by atoms with E-state index in [0.717, 1.165) is 25.7 Å². The third kappa shape index (κ3) is 4.05. The highest BCUT2D eigenvalue weighted by molar-refractivity contribution is 5.78. The molecule has 1 aliphatic rings. The third-order valence-corrected chi connectivity index (χ3v) is 4.53. The first-order valence-electron chi connectivity index (χ1n) is 7.79. The highest BCUT2D eigenvalue weighted by atomic mass is 16.5. The average molecular weight is 291 g/mol. The minimum atomic E-state index is -2.11. The van der Waals surface area contributed by atoms with E-state index in [9.17, 15) is 15.0 Å². The smallest absolute Gasteiger partial charge is 0.246 e. The van der Waals surface area contributed by atoms with Crippen LogP contribution in [0.5, 0.6) is 0 Å². The maximum absolute atomic E-state index is 12.2. The first kappa shape index (κ1) is 16.0. The Labute approximate surface area is 126 Å². The summed E-state index contributed by atoms with van der Waals surface area (Å²) in [7, 11) is 0. The zero-order valence-corrected chi connectivity index (χ0v) is 12.6. The van der Waals surface area contributed by atoms with E-state index >= 15 is 0 Å². The van der Waals surface area contributed by atoms with Gasteiger partial charge in [-0.25, -0.2) is 0 Å². The lowest BCUT2D eigenvalue weighted by molar-refractivity contribution is -0.191. The van der Waals surface area contributed by atoms with Gasteiger partial charge in [-0.05, 0) is 18.4 Å². The van der Waals surface area contributed by atoms with Crippen molar-refractivity contribution in [2.45, 2.75) is 63.2 Å². The second kappa shape index (κ2) is 6.58. The van der Waals surface area contributed by atoms with Crippen molar-refractivity contribution in [3.63, 3.8) is 0 Å². The largest absolute Gasteiger partial charge is 0.349 e. The normalized spacial score (nSPS) is 18.2. The van der Waals surface area contributed by atoms with E-state index in [4.69, 9.17) is 0 Å². The van der Waals surface area contributed by atoms with Crippen LogP contribution in [0.1, 0.15) is 57.4 Å². The monoisotopic (exact) mass is 291 g/mol. The molecule has 0 radical (unpaired) electrons. The van der Waals surface area contributed by atoms with Crippen molar-refractivity contribution in [1.29, 1.82) is 0 Å². The van der Waals surface area contributed by atoms with Gasteiger partial charge in [0.25, 0.3) is 0 Å². The minimum Gasteiger partial charge on any atom is -0.349 e. The van der Waals surface area contributed by atoms with E-state index in [-0.39, 0.29) is 17.7 Å². The molecule has 2 rings (SSSR count). The van der Waals surface area contributed by atoms with Gasteiger partial charge in [-0.3, -0.25) is 4.79 Å².